The van der Waals surface area contributed by atoms with Gasteiger partial charge in [0.15, 0.2) is 5.96 Å². The number of hydrogen-bond donors (Lipinski definition) is 3. The predicted octanol–water partition coefficient (Wildman–Crippen LogP) is 2.84. The van der Waals surface area contributed by atoms with Gasteiger partial charge >= 0.3 is 0 Å². The number of furan rings is 1. The van der Waals surface area contributed by atoms with Gasteiger partial charge in [-0.3, -0.25) is 4.99 Å². The number of benzene rings is 1. The maximum atomic E-state index is 10.8. The Bertz CT molecular complexity index is 811. The quantitative estimate of drug-likeness (QED) is 0.556. The Hall–Kier alpha value is -2.47. The molecule has 0 fully saturated rings. The van der Waals surface area contributed by atoms with Crippen molar-refractivity contribution in [2.45, 2.75) is 38.7 Å². The normalized spacial score (nSPS) is 19.0. The van der Waals surface area contributed by atoms with Gasteiger partial charge in [-0.15, -0.1) is 0 Å². The fraction of sp³-hybridized carbons (Fsp3) is 0.476. The molecule has 0 saturated heterocycles. The number of para-hydroxylation sites is 1. The fourth-order valence-corrected chi connectivity index (χ4v) is 3.58. The summed E-state index contributed by atoms with van der Waals surface area (Å²) in [6, 6.07) is 10.1. The minimum atomic E-state index is -1.05. The van der Waals surface area contributed by atoms with Crippen molar-refractivity contribution >= 4 is 5.96 Å². The van der Waals surface area contributed by atoms with Crippen LogP contribution in [0, 0.1) is 13.8 Å². The Morgan fingerprint density at radius 3 is 2.78 bits per heavy atom. The van der Waals surface area contributed by atoms with Crippen LogP contribution in [0.4, 0.5) is 0 Å². The molecule has 3 rings (SSSR count). The van der Waals surface area contributed by atoms with E-state index in [-0.39, 0.29) is 0 Å². The number of aryl methyl sites for hydroxylation is 2. The highest BCUT2D eigenvalue weighted by Gasteiger charge is 2.28. The highest BCUT2D eigenvalue weighted by Crippen LogP contribution is 2.32. The first-order chi connectivity index (χ1) is 12.9. The second-order valence-electron chi connectivity index (χ2n) is 7.28. The number of guanidine groups is 1. The van der Waals surface area contributed by atoms with E-state index in [9.17, 15) is 5.11 Å². The molecule has 27 heavy (non-hydrogen) atoms. The van der Waals surface area contributed by atoms with Gasteiger partial charge in [-0.05, 0) is 44.9 Å². The summed E-state index contributed by atoms with van der Waals surface area (Å²) in [5.74, 6) is 3.53. The zero-order valence-corrected chi connectivity index (χ0v) is 16.5. The van der Waals surface area contributed by atoms with Crippen molar-refractivity contribution < 1.29 is 14.3 Å². The molecule has 0 spiro atoms. The molecular weight excluding hydrogens is 342 g/mol. The maximum Gasteiger partial charge on any atom is 0.191 e. The highest BCUT2D eigenvalue weighted by atomic mass is 16.5. The average molecular weight is 371 g/mol. The molecule has 0 bridgehead atoms. The van der Waals surface area contributed by atoms with Crippen LogP contribution >= 0.6 is 0 Å². The molecule has 2 atom stereocenters. The van der Waals surface area contributed by atoms with E-state index in [0.29, 0.717) is 18.4 Å². The lowest BCUT2D eigenvalue weighted by atomic mass is 9.93. The molecule has 0 aliphatic carbocycles. The number of ether oxygens (including phenoxy) is 1. The van der Waals surface area contributed by atoms with Crippen molar-refractivity contribution in [2.24, 2.45) is 4.99 Å². The number of hydrogen-bond acceptors (Lipinski definition) is 4. The third-order valence-electron chi connectivity index (χ3n) is 5.04. The maximum absolute atomic E-state index is 10.8. The Morgan fingerprint density at radius 2 is 2.07 bits per heavy atom. The van der Waals surface area contributed by atoms with Crippen molar-refractivity contribution in [1.82, 2.24) is 10.6 Å². The molecule has 2 heterocycles. The van der Waals surface area contributed by atoms with Crippen molar-refractivity contribution in [2.75, 3.05) is 26.7 Å². The van der Waals surface area contributed by atoms with Gasteiger partial charge < -0.3 is 24.9 Å². The molecule has 1 aliphatic heterocycles. The van der Waals surface area contributed by atoms with E-state index < -0.39 is 5.60 Å². The van der Waals surface area contributed by atoms with Gasteiger partial charge in [0.25, 0.3) is 0 Å². The lowest BCUT2D eigenvalue weighted by Crippen LogP contribution is -2.45. The minimum Gasteiger partial charge on any atom is -0.493 e. The summed E-state index contributed by atoms with van der Waals surface area (Å²) in [5, 5.41) is 17.4. The number of rotatable bonds is 5. The predicted molar refractivity (Wildman–Crippen MR) is 106 cm³/mol. The van der Waals surface area contributed by atoms with Crippen LogP contribution in [0.15, 0.2) is 39.7 Å². The third-order valence-corrected chi connectivity index (χ3v) is 5.04. The number of fused-ring (bicyclic) bond motifs is 1. The molecule has 6 nitrogen and oxygen atoms in total. The van der Waals surface area contributed by atoms with Crippen LogP contribution in [0.5, 0.6) is 5.75 Å². The van der Waals surface area contributed by atoms with Gasteiger partial charge in [-0.1, -0.05) is 18.2 Å². The van der Waals surface area contributed by atoms with Crippen LogP contribution in [0.2, 0.25) is 0 Å². The number of nitrogens with zero attached hydrogens (tertiary/aromatic N) is 1. The molecule has 0 amide bonds. The summed E-state index contributed by atoms with van der Waals surface area (Å²) < 4.78 is 11.3. The van der Waals surface area contributed by atoms with E-state index in [1.807, 2.05) is 38.1 Å². The third kappa shape index (κ3) is 4.45. The highest BCUT2D eigenvalue weighted by molar-refractivity contribution is 5.79. The van der Waals surface area contributed by atoms with E-state index >= 15 is 0 Å². The zero-order valence-electron chi connectivity index (χ0n) is 16.5. The first-order valence-electron chi connectivity index (χ1n) is 9.37. The van der Waals surface area contributed by atoms with Gasteiger partial charge in [-0.25, -0.2) is 0 Å². The number of aliphatic imine (C=N–C) groups is 1. The summed E-state index contributed by atoms with van der Waals surface area (Å²) in [4.78, 5) is 4.28. The number of aliphatic hydroxyl groups is 1. The molecule has 0 saturated carbocycles. The second-order valence-corrected chi connectivity index (χ2v) is 7.28. The molecule has 0 radical (unpaired) electrons. The molecule has 1 aromatic heterocycles. The van der Waals surface area contributed by atoms with Gasteiger partial charge in [0.05, 0.1) is 13.2 Å². The topological polar surface area (TPSA) is 79.0 Å². The van der Waals surface area contributed by atoms with Crippen LogP contribution < -0.4 is 15.4 Å². The molecule has 2 aromatic rings. The largest absolute Gasteiger partial charge is 0.493 e. The molecular formula is C21H29N3O3. The van der Waals surface area contributed by atoms with Crippen molar-refractivity contribution in [1.29, 1.82) is 0 Å². The van der Waals surface area contributed by atoms with E-state index in [1.165, 1.54) is 5.56 Å². The smallest absolute Gasteiger partial charge is 0.191 e. The zero-order chi connectivity index (χ0) is 19.4. The average Bonchev–Trinajstić information content (AvgIpc) is 3.01. The molecule has 6 heteroatoms. The summed E-state index contributed by atoms with van der Waals surface area (Å²) in [5.41, 5.74) is 0.967. The van der Waals surface area contributed by atoms with E-state index in [0.717, 1.165) is 42.4 Å². The Balaban J connectivity index is 1.58. The van der Waals surface area contributed by atoms with Crippen LogP contribution in [0.25, 0.3) is 0 Å². The SMILES string of the molecule is CN=C(NCC1CCOc2ccccc21)NCC(C)(O)c1cc(C)oc1C. The minimum absolute atomic E-state index is 0.330. The Morgan fingerprint density at radius 1 is 1.30 bits per heavy atom. The second kappa shape index (κ2) is 8.05. The molecule has 3 N–H and O–H groups in total. The van der Waals surface area contributed by atoms with Crippen LogP contribution in [0.1, 0.15) is 41.9 Å². The first-order valence-corrected chi connectivity index (χ1v) is 9.37. The molecule has 1 aliphatic rings. The Labute approximate surface area is 160 Å². The van der Waals surface area contributed by atoms with Gasteiger partial charge in [-0.2, -0.15) is 0 Å². The van der Waals surface area contributed by atoms with Crippen molar-refractivity contribution in [3.05, 3.63) is 53.0 Å². The van der Waals surface area contributed by atoms with Crippen molar-refractivity contribution in [3.63, 3.8) is 0 Å². The lowest BCUT2D eigenvalue weighted by molar-refractivity contribution is 0.0601. The number of nitrogens with one attached hydrogen (secondary N) is 2. The van der Waals surface area contributed by atoms with Crippen LogP contribution in [-0.2, 0) is 5.60 Å². The van der Waals surface area contributed by atoms with Crippen LogP contribution in [0.3, 0.4) is 0 Å². The Kier molecular flexibility index (Phi) is 5.75. The van der Waals surface area contributed by atoms with E-state index in [2.05, 4.69) is 21.7 Å². The summed E-state index contributed by atoms with van der Waals surface area (Å²) in [6.45, 7) is 7.34. The first kappa shape index (κ1) is 19.3. The molecule has 2 unspecified atom stereocenters. The summed E-state index contributed by atoms with van der Waals surface area (Å²) >= 11 is 0. The van der Waals surface area contributed by atoms with Gasteiger partial charge in [0, 0.05) is 25.1 Å². The summed E-state index contributed by atoms with van der Waals surface area (Å²) in [7, 11) is 1.73. The standard InChI is InChI=1S/C21H29N3O3/c1-14-11-18(15(2)27-14)21(3,25)13-24-20(22-4)23-12-16-9-10-26-19-8-6-5-7-17(16)19/h5-8,11,16,25H,9-10,12-13H2,1-4H3,(H2,22,23,24). The molecule has 1 aromatic carbocycles. The lowest BCUT2D eigenvalue weighted by Gasteiger charge is -2.28. The fourth-order valence-electron chi connectivity index (χ4n) is 3.58. The molecule has 146 valence electrons. The van der Waals surface area contributed by atoms with Gasteiger partial charge in [0.2, 0.25) is 0 Å². The summed E-state index contributed by atoms with van der Waals surface area (Å²) in [6.07, 6.45) is 0.964. The van der Waals surface area contributed by atoms with E-state index in [1.54, 1.807) is 14.0 Å². The van der Waals surface area contributed by atoms with Gasteiger partial charge in [0.1, 0.15) is 22.9 Å². The van der Waals surface area contributed by atoms with Crippen molar-refractivity contribution in [3.8, 4) is 5.75 Å². The van der Waals surface area contributed by atoms with Crippen LogP contribution in [-0.4, -0.2) is 37.8 Å². The van der Waals surface area contributed by atoms with E-state index in [4.69, 9.17) is 9.15 Å². The monoisotopic (exact) mass is 371 g/mol.